The maximum absolute atomic E-state index is 12.7. The molecule has 5 nitrogen and oxygen atoms in total. The van der Waals surface area contributed by atoms with Crippen LogP contribution in [0.2, 0.25) is 0 Å². The Bertz CT molecular complexity index is 963. The third-order valence-corrected chi connectivity index (χ3v) is 5.40. The van der Waals surface area contributed by atoms with Crippen LogP contribution in [0.4, 0.5) is 19.0 Å². The third kappa shape index (κ3) is 3.59. The van der Waals surface area contributed by atoms with Crippen molar-refractivity contribution in [1.29, 1.82) is 0 Å². The number of rotatable bonds is 2. The predicted molar refractivity (Wildman–Crippen MR) is 95.7 cm³/mol. The van der Waals surface area contributed by atoms with Gasteiger partial charge in [-0.25, -0.2) is 9.97 Å². The molecule has 1 N–H and O–H groups in total. The lowest BCUT2D eigenvalue weighted by Gasteiger charge is -2.31. The average molecular weight is 393 g/mol. The first-order valence-electron chi connectivity index (χ1n) is 8.38. The van der Waals surface area contributed by atoms with Crippen molar-refractivity contribution >= 4 is 33.3 Å². The first-order valence-corrected chi connectivity index (χ1v) is 9.26. The summed E-state index contributed by atoms with van der Waals surface area (Å²) in [5.41, 5.74) is 2.54. The van der Waals surface area contributed by atoms with E-state index in [-0.39, 0.29) is 5.91 Å². The van der Waals surface area contributed by atoms with Gasteiger partial charge in [0.1, 0.15) is 19.3 Å². The van der Waals surface area contributed by atoms with E-state index in [2.05, 4.69) is 9.97 Å². The summed E-state index contributed by atoms with van der Waals surface area (Å²) in [5, 5.41) is 0. The normalized spacial score (nSPS) is 15.4. The number of hydrogen-bond acceptors (Lipinski definition) is 4. The molecule has 1 aliphatic heterocycles. The van der Waals surface area contributed by atoms with Gasteiger partial charge in [0.2, 0.25) is 0 Å². The van der Waals surface area contributed by atoms with Gasteiger partial charge in [0, 0.05) is 11.6 Å². The fourth-order valence-electron chi connectivity index (χ4n) is 3.11. The van der Waals surface area contributed by atoms with Gasteiger partial charge in [0.25, 0.3) is 11.7 Å². The zero-order valence-corrected chi connectivity index (χ0v) is 15.0. The highest BCUT2D eigenvalue weighted by atomic mass is 32.1. The number of pyridine rings is 1. The number of benzene rings is 1. The van der Waals surface area contributed by atoms with E-state index in [0.717, 1.165) is 22.5 Å². The quantitative estimate of drug-likeness (QED) is 0.672. The number of aromatic nitrogens is 2. The van der Waals surface area contributed by atoms with E-state index >= 15 is 0 Å². The largest absolute Gasteiger partial charge is 0.419 e. The minimum absolute atomic E-state index is 0.0404. The first kappa shape index (κ1) is 17.7. The van der Waals surface area contributed by atoms with Crippen LogP contribution in [-0.4, -0.2) is 42.0 Å². The van der Waals surface area contributed by atoms with Crippen molar-refractivity contribution in [2.24, 2.45) is 0 Å². The van der Waals surface area contributed by atoms with Gasteiger partial charge in [0.05, 0.1) is 34.4 Å². The Morgan fingerprint density at radius 3 is 2.56 bits per heavy atom. The molecular formula is C18H16F3N4OS+. The highest BCUT2D eigenvalue weighted by molar-refractivity contribution is 7.16. The molecule has 0 bridgehead atoms. The molecule has 3 heterocycles. The standard InChI is InChI=1S/C18H15F3N4OS/c19-18(20,21)13-2-4-16(22-10-13)24-5-7-25(8-6-24)17(26)12-1-3-14-15(9-12)27-11-23-14/h1-4,9-11H,5-8H2/p+1. The number of aromatic amines is 1. The van der Waals surface area contributed by atoms with Gasteiger partial charge < -0.3 is 4.90 Å². The number of carbonyl (C=O) groups is 1. The van der Waals surface area contributed by atoms with Gasteiger partial charge in [-0.15, -0.1) is 11.3 Å². The summed E-state index contributed by atoms with van der Waals surface area (Å²) in [6.07, 6.45) is -3.39. The molecule has 0 radical (unpaired) electrons. The molecule has 1 saturated heterocycles. The van der Waals surface area contributed by atoms with Crippen molar-refractivity contribution in [3.05, 3.63) is 53.2 Å². The monoisotopic (exact) mass is 393 g/mol. The molecule has 0 unspecified atom stereocenters. The fourth-order valence-corrected chi connectivity index (χ4v) is 3.83. The van der Waals surface area contributed by atoms with Crippen LogP contribution in [0.1, 0.15) is 15.9 Å². The summed E-state index contributed by atoms with van der Waals surface area (Å²) < 4.78 is 38.9. The fraction of sp³-hybridized carbons (Fsp3) is 0.278. The highest BCUT2D eigenvalue weighted by Crippen LogP contribution is 2.28. The Labute approximate surface area is 157 Å². The van der Waals surface area contributed by atoms with E-state index < -0.39 is 11.7 Å². The number of halogens is 3. The van der Waals surface area contributed by atoms with Gasteiger partial charge >= 0.3 is 6.18 Å². The van der Waals surface area contributed by atoms with E-state index in [9.17, 15) is 18.0 Å². The van der Waals surface area contributed by atoms with Crippen molar-refractivity contribution < 1.29 is 22.9 Å². The molecule has 3 aromatic rings. The lowest BCUT2D eigenvalue weighted by Crippen LogP contribution is -2.50. The summed E-state index contributed by atoms with van der Waals surface area (Å²) in [6, 6.07) is 7.96. The van der Waals surface area contributed by atoms with Crippen LogP contribution in [0.25, 0.3) is 10.2 Å². The van der Waals surface area contributed by atoms with Crippen molar-refractivity contribution in [2.75, 3.05) is 31.1 Å². The van der Waals surface area contributed by atoms with E-state index in [4.69, 9.17) is 0 Å². The topological polar surface area (TPSA) is 50.6 Å². The average Bonchev–Trinajstić information content (AvgIpc) is 3.15. The summed E-state index contributed by atoms with van der Waals surface area (Å²) in [4.78, 5) is 23.3. The van der Waals surface area contributed by atoms with Gasteiger partial charge in [-0.2, -0.15) is 13.2 Å². The Morgan fingerprint density at radius 2 is 1.89 bits per heavy atom. The summed E-state index contributed by atoms with van der Waals surface area (Å²) >= 11 is 1.49. The van der Waals surface area contributed by atoms with E-state index in [1.165, 1.54) is 17.4 Å². The minimum Gasteiger partial charge on any atom is -0.331 e. The van der Waals surface area contributed by atoms with E-state index in [1.54, 1.807) is 16.5 Å². The number of amides is 1. The number of alkyl halides is 3. The number of carbonyl (C=O) groups excluding carboxylic acids is 1. The molecule has 1 aliphatic rings. The van der Waals surface area contributed by atoms with Crippen LogP contribution >= 0.6 is 11.3 Å². The number of fused-ring (bicyclic) bond motifs is 1. The summed E-state index contributed by atoms with van der Waals surface area (Å²) in [5.74, 6) is 0.572. The Morgan fingerprint density at radius 1 is 1.11 bits per heavy atom. The van der Waals surface area contributed by atoms with E-state index in [0.29, 0.717) is 37.6 Å². The number of thiazole rings is 1. The van der Waals surface area contributed by atoms with Crippen molar-refractivity contribution in [1.82, 2.24) is 9.88 Å². The smallest absolute Gasteiger partial charge is 0.331 e. The maximum Gasteiger partial charge on any atom is 0.419 e. The Hall–Kier alpha value is -2.68. The van der Waals surface area contributed by atoms with Gasteiger partial charge in [-0.3, -0.25) is 9.69 Å². The number of anilines is 1. The molecule has 0 aliphatic carbocycles. The van der Waals surface area contributed by atoms with Gasteiger partial charge in [-0.1, -0.05) is 0 Å². The lowest BCUT2D eigenvalue weighted by atomic mass is 10.1. The zero-order valence-electron chi connectivity index (χ0n) is 14.2. The third-order valence-electron chi connectivity index (χ3n) is 4.61. The van der Waals surface area contributed by atoms with Crippen molar-refractivity contribution in [3.63, 3.8) is 0 Å². The number of hydrogen-bond donors (Lipinski definition) is 0. The maximum atomic E-state index is 12.7. The molecule has 140 valence electrons. The molecule has 1 fully saturated rings. The SMILES string of the molecule is O=C(c1ccc2ncsc2c1)N1CCN(c2ccc(C(F)(F)F)c[nH+]2)CC1. The van der Waals surface area contributed by atoms with Crippen LogP contribution in [0.15, 0.2) is 42.0 Å². The second kappa shape index (κ2) is 6.80. The van der Waals surface area contributed by atoms with Crippen LogP contribution in [0, 0.1) is 0 Å². The molecular weight excluding hydrogens is 377 g/mol. The molecule has 0 spiro atoms. The van der Waals surface area contributed by atoms with Gasteiger partial charge in [-0.05, 0) is 24.3 Å². The minimum atomic E-state index is -4.36. The Balaban J connectivity index is 1.41. The predicted octanol–water partition coefficient (Wildman–Crippen LogP) is 3.09. The number of nitrogens with one attached hydrogen (secondary N) is 1. The molecule has 1 aromatic carbocycles. The van der Waals surface area contributed by atoms with Gasteiger partial charge in [0.15, 0.2) is 0 Å². The number of piperazine rings is 1. The van der Waals surface area contributed by atoms with Crippen molar-refractivity contribution in [3.8, 4) is 0 Å². The van der Waals surface area contributed by atoms with E-state index in [1.807, 2.05) is 17.0 Å². The summed E-state index contributed by atoms with van der Waals surface area (Å²) in [7, 11) is 0. The Kier molecular flexibility index (Phi) is 4.47. The summed E-state index contributed by atoms with van der Waals surface area (Å²) in [6.45, 7) is 2.12. The molecule has 1 amide bonds. The molecule has 0 atom stereocenters. The molecule has 4 rings (SSSR count). The molecule has 27 heavy (non-hydrogen) atoms. The van der Waals surface area contributed by atoms with Crippen LogP contribution in [0.3, 0.4) is 0 Å². The second-order valence-electron chi connectivity index (χ2n) is 6.27. The zero-order chi connectivity index (χ0) is 19.0. The van der Waals surface area contributed by atoms with Crippen LogP contribution in [0.5, 0.6) is 0 Å². The number of H-pyrrole nitrogens is 1. The second-order valence-corrected chi connectivity index (χ2v) is 7.16. The van der Waals surface area contributed by atoms with Crippen LogP contribution < -0.4 is 9.88 Å². The molecule has 2 aromatic heterocycles. The van der Waals surface area contributed by atoms with Crippen molar-refractivity contribution in [2.45, 2.75) is 6.18 Å². The highest BCUT2D eigenvalue weighted by Gasteiger charge is 2.33. The first-order chi connectivity index (χ1) is 12.9. The number of nitrogens with zero attached hydrogens (tertiary/aromatic N) is 3. The lowest BCUT2D eigenvalue weighted by molar-refractivity contribution is -0.367. The molecule has 0 saturated carbocycles. The van der Waals surface area contributed by atoms with Crippen LogP contribution in [-0.2, 0) is 6.18 Å². The molecule has 9 heteroatoms.